The van der Waals surface area contributed by atoms with Gasteiger partial charge in [0.15, 0.2) is 6.61 Å². The van der Waals surface area contributed by atoms with Crippen LogP contribution in [0.5, 0.6) is 5.75 Å². The van der Waals surface area contributed by atoms with Crippen LogP contribution in [-0.4, -0.2) is 43.6 Å². The van der Waals surface area contributed by atoms with Crippen molar-refractivity contribution in [3.05, 3.63) is 83.9 Å². The van der Waals surface area contributed by atoms with Crippen molar-refractivity contribution in [2.24, 2.45) is 0 Å². The number of anilines is 1. The smallest absolute Gasteiger partial charge is 0.416 e. The molecule has 1 aliphatic heterocycles. The Balaban J connectivity index is 1.28. The molecule has 3 aromatic carbocycles. The fraction of sp³-hybridized carbons (Fsp3) is 0.231. The first-order chi connectivity index (χ1) is 16.3. The van der Waals surface area contributed by atoms with Crippen molar-refractivity contribution in [2.75, 3.05) is 37.7 Å². The van der Waals surface area contributed by atoms with Crippen molar-refractivity contribution in [1.82, 2.24) is 4.90 Å². The highest BCUT2D eigenvalue weighted by Gasteiger charge is 2.31. The molecule has 1 amide bonds. The van der Waals surface area contributed by atoms with E-state index in [1.54, 1.807) is 35.2 Å². The summed E-state index contributed by atoms with van der Waals surface area (Å²) in [6, 6.07) is 21.9. The van der Waals surface area contributed by atoms with Crippen molar-refractivity contribution in [3.63, 3.8) is 0 Å². The third-order valence-corrected chi connectivity index (χ3v) is 5.73. The lowest BCUT2D eigenvalue weighted by atomic mass is 10.0. The topological polar surface area (TPSA) is 56.6 Å². The van der Waals surface area contributed by atoms with Crippen LogP contribution in [0.4, 0.5) is 18.9 Å². The molecule has 5 nitrogen and oxygen atoms in total. The molecule has 0 aromatic heterocycles. The third kappa shape index (κ3) is 5.49. The maximum absolute atomic E-state index is 13.0. The molecule has 0 saturated carbocycles. The highest BCUT2D eigenvalue weighted by molar-refractivity contribution is 5.78. The number of piperazine rings is 1. The Hall–Kier alpha value is -3.99. The van der Waals surface area contributed by atoms with E-state index in [2.05, 4.69) is 6.07 Å². The Bertz CT molecular complexity index is 1180. The van der Waals surface area contributed by atoms with Gasteiger partial charge in [-0.3, -0.25) is 4.79 Å². The van der Waals surface area contributed by atoms with E-state index < -0.39 is 11.7 Å². The summed E-state index contributed by atoms with van der Waals surface area (Å²) in [6.45, 7) is 1.62. The van der Waals surface area contributed by atoms with Gasteiger partial charge in [-0.05, 0) is 53.6 Å². The van der Waals surface area contributed by atoms with Crippen molar-refractivity contribution in [3.8, 4) is 22.9 Å². The maximum atomic E-state index is 13.0. The number of amides is 1. The van der Waals surface area contributed by atoms with E-state index in [1.165, 1.54) is 6.07 Å². The van der Waals surface area contributed by atoms with Gasteiger partial charge in [-0.2, -0.15) is 18.4 Å². The molecule has 0 unspecified atom stereocenters. The van der Waals surface area contributed by atoms with E-state index >= 15 is 0 Å². The van der Waals surface area contributed by atoms with Crippen LogP contribution in [-0.2, 0) is 11.0 Å². The minimum Gasteiger partial charge on any atom is -0.484 e. The van der Waals surface area contributed by atoms with E-state index in [0.29, 0.717) is 43.2 Å². The lowest BCUT2D eigenvalue weighted by Crippen LogP contribution is -2.50. The number of benzene rings is 3. The minimum absolute atomic E-state index is 0.111. The van der Waals surface area contributed by atoms with Crippen LogP contribution in [0.1, 0.15) is 11.1 Å². The van der Waals surface area contributed by atoms with Crippen LogP contribution in [0.25, 0.3) is 11.1 Å². The standard InChI is InChI=1S/C26H22F3N3O2/c27-26(28,29)22-2-1-3-23(16-22)31-12-14-32(15-13-31)25(33)18-34-24-10-8-21(9-11-24)20-6-4-19(17-30)5-7-20/h1-11,16H,12-15,18H2. The summed E-state index contributed by atoms with van der Waals surface area (Å²) in [5.41, 5.74) is 2.36. The second kappa shape index (κ2) is 9.87. The van der Waals surface area contributed by atoms with E-state index in [0.717, 1.165) is 23.3 Å². The van der Waals surface area contributed by atoms with Crippen LogP contribution in [0.2, 0.25) is 0 Å². The molecule has 0 bridgehead atoms. The van der Waals surface area contributed by atoms with Gasteiger partial charge in [0, 0.05) is 31.9 Å². The zero-order chi connectivity index (χ0) is 24.1. The summed E-state index contributed by atoms with van der Waals surface area (Å²) in [6.07, 6.45) is -4.38. The number of ether oxygens (including phenoxy) is 1. The quantitative estimate of drug-likeness (QED) is 0.534. The number of nitrogens with zero attached hydrogens (tertiary/aromatic N) is 3. The van der Waals surface area contributed by atoms with Gasteiger partial charge >= 0.3 is 6.18 Å². The van der Waals surface area contributed by atoms with Gasteiger partial charge in [-0.15, -0.1) is 0 Å². The lowest BCUT2D eigenvalue weighted by molar-refractivity contribution is -0.137. The molecule has 1 fully saturated rings. The number of carbonyl (C=O) groups excluding carboxylic acids is 1. The number of alkyl halides is 3. The van der Waals surface area contributed by atoms with Crippen molar-refractivity contribution >= 4 is 11.6 Å². The Labute approximate surface area is 195 Å². The number of rotatable bonds is 5. The van der Waals surface area contributed by atoms with Crippen LogP contribution in [0.15, 0.2) is 72.8 Å². The Morgan fingerprint density at radius 2 is 1.53 bits per heavy atom. The number of nitriles is 1. The molecular weight excluding hydrogens is 443 g/mol. The highest BCUT2D eigenvalue weighted by atomic mass is 19.4. The second-order valence-electron chi connectivity index (χ2n) is 7.92. The van der Waals surface area contributed by atoms with Crippen LogP contribution in [0.3, 0.4) is 0 Å². The predicted octanol–water partition coefficient (Wildman–Crippen LogP) is 4.97. The predicted molar refractivity (Wildman–Crippen MR) is 122 cm³/mol. The summed E-state index contributed by atoms with van der Waals surface area (Å²) in [5, 5.41) is 8.90. The summed E-state index contributed by atoms with van der Waals surface area (Å²) in [7, 11) is 0. The molecule has 174 valence electrons. The average Bonchev–Trinajstić information content (AvgIpc) is 2.87. The molecule has 0 aliphatic carbocycles. The first kappa shape index (κ1) is 23.2. The molecule has 1 heterocycles. The molecule has 0 radical (unpaired) electrons. The van der Waals surface area contributed by atoms with E-state index in [1.807, 2.05) is 29.2 Å². The number of hydrogen-bond donors (Lipinski definition) is 0. The lowest BCUT2D eigenvalue weighted by Gasteiger charge is -2.36. The molecule has 3 aromatic rings. The maximum Gasteiger partial charge on any atom is 0.416 e. The monoisotopic (exact) mass is 465 g/mol. The summed E-state index contributed by atoms with van der Waals surface area (Å²) >= 11 is 0. The van der Waals surface area contributed by atoms with Gasteiger partial charge in [0.25, 0.3) is 5.91 Å². The van der Waals surface area contributed by atoms with Crippen molar-refractivity contribution < 1.29 is 22.7 Å². The molecule has 1 saturated heterocycles. The number of hydrogen-bond acceptors (Lipinski definition) is 4. The minimum atomic E-state index is -4.38. The van der Waals surface area contributed by atoms with Gasteiger partial charge in [0.1, 0.15) is 5.75 Å². The zero-order valence-corrected chi connectivity index (χ0v) is 18.3. The van der Waals surface area contributed by atoms with Crippen LogP contribution < -0.4 is 9.64 Å². The van der Waals surface area contributed by atoms with Gasteiger partial charge in [0.05, 0.1) is 17.2 Å². The summed E-state index contributed by atoms with van der Waals surface area (Å²) < 4.78 is 44.5. The molecule has 8 heteroatoms. The van der Waals surface area contributed by atoms with E-state index in [4.69, 9.17) is 10.00 Å². The Kier molecular flexibility index (Phi) is 6.73. The van der Waals surface area contributed by atoms with Gasteiger partial charge in [0.2, 0.25) is 0 Å². The Morgan fingerprint density at radius 3 is 2.12 bits per heavy atom. The van der Waals surface area contributed by atoms with Gasteiger partial charge < -0.3 is 14.5 Å². The summed E-state index contributed by atoms with van der Waals surface area (Å²) in [4.78, 5) is 16.1. The number of halogens is 3. The fourth-order valence-corrected chi connectivity index (χ4v) is 3.81. The van der Waals surface area contributed by atoms with Crippen molar-refractivity contribution in [1.29, 1.82) is 5.26 Å². The molecule has 0 N–H and O–H groups in total. The van der Waals surface area contributed by atoms with E-state index in [9.17, 15) is 18.0 Å². The first-order valence-electron chi connectivity index (χ1n) is 10.8. The third-order valence-electron chi connectivity index (χ3n) is 5.73. The normalized spacial score (nSPS) is 13.9. The second-order valence-corrected chi connectivity index (χ2v) is 7.92. The molecule has 0 atom stereocenters. The molecule has 1 aliphatic rings. The van der Waals surface area contributed by atoms with Gasteiger partial charge in [-0.25, -0.2) is 0 Å². The number of carbonyl (C=O) groups is 1. The first-order valence-corrected chi connectivity index (χ1v) is 10.8. The summed E-state index contributed by atoms with van der Waals surface area (Å²) in [5.74, 6) is 0.396. The SMILES string of the molecule is N#Cc1ccc(-c2ccc(OCC(=O)N3CCN(c4cccc(C(F)(F)F)c4)CC3)cc2)cc1. The van der Waals surface area contributed by atoms with Crippen LogP contribution >= 0.6 is 0 Å². The Morgan fingerprint density at radius 1 is 0.912 bits per heavy atom. The average molecular weight is 465 g/mol. The molecular formula is C26H22F3N3O2. The van der Waals surface area contributed by atoms with Crippen LogP contribution in [0, 0.1) is 11.3 Å². The zero-order valence-electron chi connectivity index (χ0n) is 18.3. The van der Waals surface area contributed by atoms with Gasteiger partial charge in [-0.1, -0.05) is 30.3 Å². The fourth-order valence-electron chi connectivity index (χ4n) is 3.81. The molecule has 34 heavy (non-hydrogen) atoms. The highest BCUT2D eigenvalue weighted by Crippen LogP contribution is 2.32. The molecule has 4 rings (SSSR count). The van der Waals surface area contributed by atoms with E-state index in [-0.39, 0.29) is 12.5 Å². The largest absolute Gasteiger partial charge is 0.484 e. The molecule has 0 spiro atoms. The van der Waals surface area contributed by atoms with Crippen molar-refractivity contribution in [2.45, 2.75) is 6.18 Å².